The summed E-state index contributed by atoms with van der Waals surface area (Å²) in [6.07, 6.45) is 0. The first kappa shape index (κ1) is 15.1. The van der Waals surface area contributed by atoms with Crippen molar-refractivity contribution in [3.8, 4) is 0 Å². The molecule has 0 saturated heterocycles. The van der Waals surface area contributed by atoms with Crippen LogP contribution in [0.2, 0.25) is 0 Å². The molecule has 1 aromatic rings. The van der Waals surface area contributed by atoms with E-state index in [1.54, 1.807) is 18.2 Å². The molecule has 1 amide bonds. The van der Waals surface area contributed by atoms with Crippen LogP contribution in [-0.4, -0.2) is 43.8 Å². The smallest absolute Gasteiger partial charge is 0.329 e. The fourth-order valence-electron chi connectivity index (χ4n) is 1.35. The van der Waals surface area contributed by atoms with Crippen molar-refractivity contribution in [1.82, 2.24) is 5.32 Å². The highest BCUT2D eigenvalue weighted by Crippen LogP contribution is 2.01. The molecular weight excluding hydrogens is 274 g/mol. The lowest BCUT2D eigenvalue weighted by molar-refractivity contribution is -0.142. The van der Waals surface area contributed by atoms with Gasteiger partial charge < -0.3 is 10.1 Å². The van der Waals surface area contributed by atoms with Crippen molar-refractivity contribution in [3.05, 3.63) is 35.9 Å². The summed E-state index contributed by atoms with van der Waals surface area (Å²) in [6.45, 7) is 0. The van der Waals surface area contributed by atoms with Crippen LogP contribution < -0.4 is 5.32 Å². The number of amides is 1. The number of hydrogen-bond donors (Lipinski definition) is 2. The number of hydrogen-bond acceptors (Lipinski definition) is 5. The molecule has 1 rings (SSSR count). The number of carbonyl (C=O) groups is 2. The molecule has 0 saturated carbocycles. The number of rotatable bonds is 5. The highest BCUT2D eigenvalue weighted by Gasteiger charge is 2.27. The fourth-order valence-corrected chi connectivity index (χ4v) is 1.99. The van der Waals surface area contributed by atoms with Crippen LogP contribution in [0.5, 0.6) is 0 Å². The molecule has 0 aliphatic heterocycles. The minimum Gasteiger partial charge on any atom is -0.467 e. The van der Waals surface area contributed by atoms with Gasteiger partial charge >= 0.3 is 5.97 Å². The van der Waals surface area contributed by atoms with Crippen molar-refractivity contribution in [2.24, 2.45) is 0 Å². The SMILES string of the molecule is COC(=O)[C@H](CS(=O)(=O)O)NC(=O)c1ccccc1. The third kappa shape index (κ3) is 5.06. The molecule has 1 atom stereocenters. The maximum Gasteiger partial charge on any atom is 0.329 e. The van der Waals surface area contributed by atoms with E-state index in [-0.39, 0.29) is 5.56 Å². The van der Waals surface area contributed by atoms with E-state index in [1.807, 2.05) is 0 Å². The Bertz CT molecular complexity index is 554. The molecular formula is C11H13NO6S. The van der Waals surface area contributed by atoms with Crippen LogP contribution >= 0.6 is 0 Å². The third-order valence-corrected chi connectivity index (χ3v) is 2.96. The zero-order valence-corrected chi connectivity index (χ0v) is 10.9. The Morgan fingerprint density at radius 1 is 1.32 bits per heavy atom. The van der Waals surface area contributed by atoms with Crippen LogP contribution in [0.3, 0.4) is 0 Å². The highest BCUT2D eigenvalue weighted by atomic mass is 32.2. The van der Waals surface area contributed by atoms with Gasteiger partial charge in [-0.25, -0.2) is 4.79 Å². The number of carbonyl (C=O) groups excluding carboxylic acids is 2. The zero-order valence-electron chi connectivity index (χ0n) is 10.1. The summed E-state index contributed by atoms with van der Waals surface area (Å²) in [4.78, 5) is 23.1. The number of ether oxygens (including phenoxy) is 1. The molecule has 8 heteroatoms. The zero-order chi connectivity index (χ0) is 14.5. The average Bonchev–Trinajstić information content (AvgIpc) is 2.36. The van der Waals surface area contributed by atoms with E-state index < -0.39 is 33.8 Å². The van der Waals surface area contributed by atoms with Crippen molar-refractivity contribution in [2.75, 3.05) is 12.9 Å². The summed E-state index contributed by atoms with van der Waals surface area (Å²) in [7, 11) is -3.37. The van der Waals surface area contributed by atoms with Gasteiger partial charge in [0.05, 0.1) is 7.11 Å². The molecule has 0 bridgehead atoms. The topological polar surface area (TPSA) is 110 Å². The molecule has 19 heavy (non-hydrogen) atoms. The summed E-state index contributed by atoms with van der Waals surface area (Å²) in [5.41, 5.74) is 0.256. The van der Waals surface area contributed by atoms with Gasteiger partial charge in [0.2, 0.25) is 0 Å². The van der Waals surface area contributed by atoms with Gasteiger partial charge in [0.1, 0.15) is 11.8 Å². The third-order valence-electron chi connectivity index (χ3n) is 2.20. The molecule has 0 unspecified atom stereocenters. The van der Waals surface area contributed by atoms with E-state index >= 15 is 0 Å². The first-order valence-corrected chi connectivity index (χ1v) is 6.83. The number of methoxy groups -OCH3 is 1. The second-order valence-corrected chi connectivity index (χ2v) is 5.16. The van der Waals surface area contributed by atoms with Gasteiger partial charge in [-0.15, -0.1) is 0 Å². The summed E-state index contributed by atoms with van der Waals surface area (Å²) in [6, 6.07) is 6.46. The standard InChI is InChI=1S/C11H13NO6S/c1-18-11(14)9(7-19(15,16)17)12-10(13)8-5-3-2-4-6-8/h2-6,9H,7H2,1H3,(H,12,13)(H,15,16,17)/t9-/m0/s1. The Kier molecular flexibility index (Phi) is 5.02. The number of nitrogens with one attached hydrogen (secondary N) is 1. The second-order valence-electron chi connectivity index (χ2n) is 3.66. The summed E-state index contributed by atoms with van der Waals surface area (Å²) >= 11 is 0. The molecule has 7 nitrogen and oxygen atoms in total. The van der Waals surface area contributed by atoms with Gasteiger partial charge in [-0.1, -0.05) is 18.2 Å². The van der Waals surface area contributed by atoms with E-state index in [2.05, 4.69) is 10.1 Å². The number of benzene rings is 1. The van der Waals surface area contributed by atoms with Crippen molar-refractivity contribution < 1.29 is 27.3 Å². The minimum absolute atomic E-state index is 0.256. The van der Waals surface area contributed by atoms with Crippen molar-refractivity contribution in [2.45, 2.75) is 6.04 Å². The molecule has 0 fully saturated rings. The monoisotopic (exact) mass is 287 g/mol. The summed E-state index contributed by atoms with van der Waals surface area (Å²) in [5.74, 6) is -2.54. The molecule has 0 spiro atoms. The average molecular weight is 287 g/mol. The highest BCUT2D eigenvalue weighted by molar-refractivity contribution is 7.85. The van der Waals surface area contributed by atoms with Gasteiger partial charge in [-0.3, -0.25) is 9.35 Å². The van der Waals surface area contributed by atoms with Crippen LogP contribution in [0.4, 0.5) is 0 Å². The largest absolute Gasteiger partial charge is 0.467 e. The normalized spacial score (nSPS) is 12.5. The van der Waals surface area contributed by atoms with Crippen LogP contribution in [0.1, 0.15) is 10.4 Å². The van der Waals surface area contributed by atoms with Crippen LogP contribution in [0.15, 0.2) is 30.3 Å². The van der Waals surface area contributed by atoms with Gasteiger partial charge in [0.15, 0.2) is 0 Å². The lowest BCUT2D eigenvalue weighted by Crippen LogP contribution is -2.45. The van der Waals surface area contributed by atoms with Crippen LogP contribution in [-0.2, 0) is 19.6 Å². The Morgan fingerprint density at radius 2 is 1.89 bits per heavy atom. The van der Waals surface area contributed by atoms with Crippen molar-refractivity contribution in [1.29, 1.82) is 0 Å². The second kappa shape index (κ2) is 6.30. The van der Waals surface area contributed by atoms with Crippen molar-refractivity contribution >= 4 is 22.0 Å². The Labute approximate surface area is 110 Å². The predicted octanol–water partition coefficient (Wildman–Crippen LogP) is -0.154. The molecule has 1 aromatic carbocycles. The Balaban J connectivity index is 2.84. The van der Waals surface area contributed by atoms with E-state index in [4.69, 9.17) is 4.55 Å². The van der Waals surface area contributed by atoms with Gasteiger partial charge in [0.25, 0.3) is 16.0 Å². The quantitative estimate of drug-likeness (QED) is 0.575. The lowest BCUT2D eigenvalue weighted by Gasteiger charge is -2.14. The maximum absolute atomic E-state index is 11.8. The fraction of sp³-hybridized carbons (Fsp3) is 0.273. The molecule has 0 aromatic heterocycles. The molecule has 2 N–H and O–H groups in total. The van der Waals surface area contributed by atoms with E-state index in [0.29, 0.717) is 0 Å². The van der Waals surface area contributed by atoms with Gasteiger partial charge in [0, 0.05) is 5.56 Å². The van der Waals surface area contributed by atoms with Crippen molar-refractivity contribution in [3.63, 3.8) is 0 Å². The van der Waals surface area contributed by atoms with Crippen LogP contribution in [0.25, 0.3) is 0 Å². The van der Waals surface area contributed by atoms with E-state index in [0.717, 1.165) is 7.11 Å². The number of esters is 1. The minimum atomic E-state index is -4.42. The van der Waals surface area contributed by atoms with Gasteiger partial charge in [-0.2, -0.15) is 8.42 Å². The van der Waals surface area contributed by atoms with Gasteiger partial charge in [-0.05, 0) is 12.1 Å². The molecule has 0 radical (unpaired) electrons. The molecule has 104 valence electrons. The maximum atomic E-state index is 11.8. The van der Waals surface area contributed by atoms with Crippen LogP contribution in [0, 0.1) is 0 Å². The molecule has 0 aliphatic rings. The molecule has 0 heterocycles. The first-order valence-electron chi connectivity index (χ1n) is 5.22. The van der Waals surface area contributed by atoms with E-state index in [1.165, 1.54) is 12.1 Å². The molecule has 0 aliphatic carbocycles. The lowest BCUT2D eigenvalue weighted by atomic mass is 10.2. The van der Waals surface area contributed by atoms with E-state index in [9.17, 15) is 18.0 Å². The summed E-state index contributed by atoms with van der Waals surface area (Å²) < 4.78 is 34.6. The predicted molar refractivity (Wildman–Crippen MR) is 66.1 cm³/mol. The Hall–Kier alpha value is -1.93. The summed E-state index contributed by atoms with van der Waals surface area (Å²) in [5, 5.41) is 2.19. The Morgan fingerprint density at radius 3 is 2.37 bits per heavy atom. The first-order chi connectivity index (χ1) is 8.83.